The van der Waals surface area contributed by atoms with E-state index in [2.05, 4.69) is 11.0 Å². The number of para-hydroxylation sites is 1. The van der Waals surface area contributed by atoms with Gasteiger partial charge in [-0.1, -0.05) is 77.7 Å². The number of rotatable bonds is 4. The van der Waals surface area contributed by atoms with Gasteiger partial charge in [0.2, 0.25) is 0 Å². The maximum Gasteiger partial charge on any atom is 0.278 e. The maximum absolute atomic E-state index is 13.4. The first kappa shape index (κ1) is 20.0. The molecule has 4 rings (SSSR count). The minimum absolute atomic E-state index is 0.243. The fourth-order valence-corrected chi connectivity index (χ4v) is 3.89. The van der Waals surface area contributed by atoms with E-state index in [1.54, 1.807) is 24.4 Å². The summed E-state index contributed by atoms with van der Waals surface area (Å²) in [5.74, 6) is 2.44. The summed E-state index contributed by atoms with van der Waals surface area (Å²) in [6.45, 7) is 0.276. The van der Waals surface area contributed by atoms with Gasteiger partial charge in [-0.25, -0.2) is 5.01 Å². The largest absolute Gasteiger partial charge is 0.334 e. The molecule has 1 aliphatic heterocycles. The highest BCUT2D eigenvalue weighted by Gasteiger charge is 2.39. The second-order valence-electron chi connectivity index (χ2n) is 6.66. The van der Waals surface area contributed by atoms with Gasteiger partial charge in [-0.2, -0.15) is 5.10 Å². The molecule has 0 spiro atoms. The number of fused-ring (bicyclic) bond motifs is 1. The summed E-state index contributed by atoms with van der Waals surface area (Å²) in [6.07, 6.45) is 6.65. The SMILES string of the molecule is C#CCN1c2ccccc2C(=O)N(/N=C\c2ccccc2Cl)[C@H]1c1ccccc1Cl. The molecule has 1 aliphatic rings. The molecule has 4 nitrogen and oxygen atoms in total. The molecule has 0 aliphatic carbocycles. The molecule has 1 heterocycles. The van der Waals surface area contributed by atoms with Crippen molar-refractivity contribution in [2.24, 2.45) is 5.10 Å². The third kappa shape index (κ3) is 3.66. The van der Waals surface area contributed by atoms with Crippen LogP contribution < -0.4 is 4.90 Å². The molecule has 148 valence electrons. The number of carbonyl (C=O) groups excluding carboxylic acids is 1. The minimum Gasteiger partial charge on any atom is -0.334 e. The van der Waals surface area contributed by atoms with E-state index in [0.29, 0.717) is 21.2 Å². The smallest absolute Gasteiger partial charge is 0.278 e. The Hall–Kier alpha value is -3.26. The maximum atomic E-state index is 13.4. The van der Waals surface area contributed by atoms with Crippen LogP contribution in [0.25, 0.3) is 0 Å². The Morgan fingerprint density at radius 3 is 2.37 bits per heavy atom. The van der Waals surface area contributed by atoms with Crippen molar-refractivity contribution in [3.63, 3.8) is 0 Å². The highest BCUT2D eigenvalue weighted by atomic mass is 35.5. The molecule has 0 bridgehead atoms. The molecule has 0 fully saturated rings. The molecule has 3 aromatic rings. The number of carbonyl (C=O) groups is 1. The molecule has 0 saturated heterocycles. The summed E-state index contributed by atoms with van der Waals surface area (Å²) >= 11 is 12.8. The van der Waals surface area contributed by atoms with Crippen molar-refractivity contribution >= 4 is 41.0 Å². The van der Waals surface area contributed by atoms with Gasteiger partial charge in [0.05, 0.1) is 24.0 Å². The fourth-order valence-electron chi connectivity index (χ4n) is 3.48. The van der Waals surface area contributed by atoms with Gasteiger partial charge in [-0.15, -0.1) is 6.42 Å². The van der Waals surface area contributed by atoms with Crippen molar-refractivity contribution in [1.82, 2.24) is 5.01 Å². The monoisotopic (exact) mass is 433 g/mol. The lowest BCUT2D eigenvalue weighted by Gasteiger charge is -2.42. The van der Waals surface area contributed by atoms with Crippen LogP contribution in [-0.2, 0) is 0 Å². The summed E-state index contributed by atoms with van der Waals surface area (Å²) in [7, 11) is 0. The highest BCUT2D eigenvalue weighted by Crippen LogP contribution is 2.40. The van der Waals surface area contributed by atoms with Gasteiger partial charge in [0.1, 0.15) is 0 Å². The number of amides is 1. The average Bonchev–Trinajstić information content (AvgIpc) is 2.76. The van der Waals surface area contributed by atoms with Gasteiger partial charge >= 0.3 is 0 Å². The molecule has 0 unspecified atom stereocenters. The van der Waals surface area contributed by atoms with E-state index < -0.39 is 6.17 Å². The number of anilines is 1. The molecular weight excluding hydrogens is 417 g/mol. The molecule has 0 N–H and O–H groups in total. The summed E-state index contributed by atoms with van der Waals surface area (Å²) in [6, 6.07) is 22.0. The molecule has 30 heavy (non-hydrogen) atoms. The molecule has 1 atom stereocenters. The van der Waals surface area contributed by atoms with Gasteiger partial charge in [0.25, 0.3) is 5.91 Å². The van der Waals surface area contributed by atoms with Crippen LogP contribution in [0, 0.1) is 12.3 Å². The lowest BCUT2D eigenvalue weighted by atomic mass is 10.0. The predicted octanol–water partition coefficient (Wildman–Crippen LogP) is 5.62. The second kappa shape index (κ2) is 8.62. The third-order valence-electron chi connectivity index (χ3n) is 4.85. The molecule has 0 radical (unpaired) electrons. The molecular formula is C24H17Cl2N3O. The van der Waals surface area contributed by atoms with Gasteiger partial charge in [-0.05, 0) is 24.3 Å². The first-order valence-electron chi connectivity index (χ1n) is 9.27. The number of nitrogens with zero attached hydrogens (tertiary/aromatic N) is 3. The van der Waals surface area contributed by atoms with E-state index in [9.17, 15) is 4.79 Å². The normalized spacial score (nSPS) is 15.9. The van der Waals surface area contributed by atoms with Crippen LogP contribution in [0.15, 0.2) is 77.9 Å². The number of hydrazone groups is 1. The summed E-state index contributed by atoms with van der Waals surface area (Å²) in [5, 5.41) is 7.00. The van der Waals surface area contributed by atoms with Crippen molar-refractivity contribution in [2.45, 2.75) is 6.17 Å². The van der Waals surface area contributed by atoms with Gasteiger partial charge < -0.3 is 4.90 Å². The van der Waals surface area contributed by atoms with Gasteiger partial charge in [0.15, 0.2) is 6.17 Å². The van der Waals surface area contributed by atoms with Crippen LogP contribution in [-0.4, -0.2) is 23.7 Å². The third-order valence-corrected chi connectivity index (χ3v) is 5.54. The summed E-state index contributed by atoms with van der Waals surface area (Å²) in [5.41, 5.74) is 2.70. The van der Waals surface area contributed by atoms with Crippen LogP contribution in [0.3, 0.4) is 0 Å². The van der Waals surface area contributed by atoms with E-state index in [1.807, 2.05) is 59.5 Å². The fraction of sp³-hybridized carbons (Fsp3) is 0.0833. The molecule has 3 aromatic carbocycles. The summed E-state index contributed by atoms with van der Waals surface area (Å²) in [4.78, 5) is 15.4. The Kier molecular flexibility index (Phi) is 5.76. The summed E-state index contributed by atoms with van der Waals surface area (Å²) < 4.78 is 0. The van der Waals surface area contributed by atoms with E-state index in [0.717, 1.165) is 11.3 Å². The van der Waals surface area contributed by atoms with Crippen LogP contribution in [0.1, 0.15) is 27.7 Å². The van der Waals surface area contributed by atoms with E-state index in [-0.39, 0.29) is 12.5 Å². The van der Waals surface area contributed by atoms with Crippen LogP contribution in [0.2, 0.25) is 10.0 Å². The zero-order valence-corrected chi connectivity index (χ0v) is 17.4. The van der Waals surface area contributed by atoms with Crippen LogP contribution in [0.5, 0.6) is 0 Å². The van der Waals surface area contributed by atoms with E-state index in [1.165, 1.54) is 5.01 Å². The first-order chi connectivity index (χ1) is 14.6. The van der Waals surface area contributed by atoms with Crippen LogP contribution >= 0.6 is 23.2 Å². The van der Waals surface area contributed by atoms with E-state index >= 15 is 0 Å². The van der Waals surface area contributed by atoms with Crippen molar-refractivity contribution in [3.8, 4) is 12.3 Å². The Balaban J connectivity index is 1.89. The molecule has 6 heteroatoms. The quantitative estimate of drug-likeness (QED) is 0.395. The Bertz CT molecular complexity index is 1170. The first-order valence-corrected chi connectivity index (χ1v) is 10.0. The van der Waals surface area contributed by atoms with Crippen LogP contribution in [0.4, 0.5) is 5.69 Å². The minimum atomic E-state index is -0.601. The Morgan fingerprint density at radius 2 is 1.63 bits per heavy atom. The van der Waals surface area contributed by atoms with Gasteiger partial charge in [0, 0.05) is 21.2 Å². The average molecular weight is 434 g/mol. The van der Waals surface area contributed by atoms with Crippen molar-refractivity contribution in [2.75, 3.05) is 11.4 Å². The molecule has 0 aromatic heterocycles. The number of benzene rings is 3. The number of terminal acetylenes is 1. The standard InChI is InChI=1S/C24H17Cl2N3O/c1-2-15-28-22-14-8-5-11-19(22)24(30)29(23(28)18-10-4-7-13-21(18)26)27-16-17-9-3-6-12-20(17)25/h1,3-14,16,23H,15H2/b27-16-/t23-/m0/s1. The molecule has 0 saturated carbocycles. The van der Waals surface area contributed by atoms with E-state index in [4.69, 9.17) is 29.6 Å². The topological polar surface area (TPSA) is 35.9 Å². The molecule has 1 amide bonds. The number of hydrogen-bond donors (Lipinski definition) is 0. The zero-order valence-electron chi connectivity index (χ0n) is 15.9. The van der Waals surface area contributed by atoms with Crippen molar-refractivity contribution in [3.05, 3.63) is 99.5 Å². The second-order valence-corrected chi connectivity index (χ2v) is 7.47. The highest BCUT2D eigenvalue weighted by molar-refractivity contribution is 6.33. The predicted molar refractivity (Wildman–Crippen MR) is 122 cm³/mol. The van der Waals surface area contributed by atoms with Crippen molar-refractivity contribution < 1.29 is 4.79 Å². The lowest BCUT2D eigenvalue weighted by molar-refractivity contribution is 0.0660. The Labute approximate surface area is 185 Å². The lowest BCUT2D eigenvalue weighted by Crippen LogP contribution is -2.47. The number of hydrogen-bond acceptors (Lipinski definition) is 3. The number of halogens is 2. The van der Waals surface area contributed by atoms with Crippen molar-refractivity contribution in [1.29, 1.82) is 0 Å². The Morgan fingerprint density at radius 1 is 0.967 bits per heavy atom. The van der Waals surface area contributed by atoms with Gasteiger partial charge in [-0.3, -0.25) is 4.79 Å². The zero-order chi connectivity index (χ0) is 21.1.